The number of amides is 1. The Bertz CT molecular complexity index is 1020. The van der Waals surface area contributed by atoms with Crippen molar-refractivity contribution in [2.24, 2.45) is 0 Å². The van der Waals surface area contributed by atoms with Crippen LogP contribution in [-0.2, 0) is 6.54 Å². The number of aryl methyl sites for hydroxylation is 1. The maximum absolute atomic E-state index is 14.0. The number of hydrogen-bond donors (Lipinski definition) is 1. The van der Waals surface area contributed by atoms with Crippen LogP contribution in [0.4, 0.5) is 10.1 Å². The summed E-state index contributed by atoms with van der Waals surface area (Å²) in [6, 6.07) is 11.1. The molecule has 0 unspecified atom stereocenters. The fourth-order valence-corrected chi connectivity index (χ4v) is 2.87. The summed E-state index contributed by atoms with van der Waals surface area (Å²) in [7, 11) is 0. The number of nitrogens with zero attached hydrogens (tertiary/aromatic N) is 2. The normalized spacial score (nSPS) is 10.8. The highest BCUT2D eigenvalue weighted by Gasteiger charge is 2.17. The van der Waals surface area contributed by atoms with Crippen molar-refractivity contribution in [3.05, 3.63) is 68.8 Å². The van der Waals surface area contributed by atoms with Crippen molar-refractivity contribution in [1.29, 1.82) is 0 Å². The number of carbonyl (C=O) groups is 1. The van der Waals surface area contributed by atoms with Gasteiger partial charge >= 0.3 is 0 Å². The van der Waals surface area contributed by atoms with Gasteiger partial charge in [0.05, 0.1) is 11.1 Å². The van der Waals surface area contributed by atoms with Gasteiger partial charge in [-0.15, -0.1) is 0 Å². The molecule has 1 aromatic heterocycles. The number of anilines is 1. The van der Waals surface area contributed by atoms with Gasteiger partial charge in [-0.3, -0.25) is 9.59 Å². The molecule has 1 N–H and O–H groups in total. The first-order valence-electron chi connectivity index (χ1n) is 7.77. The topological polar surface area (TPSA) is 64.0 Å². The van der Waals surface area contributed by atoms with Gasteiger partial charge in [-0.05, 0) is 30.7 Å². The number of benzene rings is 2. The van der Waals surface area contributed by atoms with E-state index in [1.807, 2.05) is 6.92 Å². The Kier molecular flexibility index (Phi) is 4.94. The molecule has 2 aromatic carbocycles. The van der Waals surface area contributed by atoms with Crippen LogP contribution in [0.15, 0.2) is 51.7 Å². The van der Waals surface area contributed by atoms with Crippen LogP contribution in [0.1, 0.15) is 23.8 Å². The fraction of sp³-hybridized carbons (Fsp3) is 0.167. The molecule has 0 atom stereocenters. The minimum absolute atomic E-state index is 0.0484. The van der Waals surface area contributed by atoms with Crippen molar-refractivity contribution < 1.29 is 9.18 Å². The van der Waals surface area contributed by atoms with E-state index in [0.717, 1.165) is 0 Å². The van der Waals surface area contributed by atoms with Crippen molar-refractivity contribution in [3.63, 3.8) is 0 Å². The van der Waals surface area contributed by atoms with E-state index in [1.54, 1.807) is 30.3 Å². The van der Waals surface area contributed by atoms with Crippen LogP contribution in [0.3, 0.4) is 0 Å². The third-order valence-electron chi connectivity index (χ3n) is 3.70. The average Bonchev–Trinajstić information content (AvgIpc) is 2.60. The molecular formula is C18H15BrFN3O2. The monoisotopic (exact) mass is 403 g/mol. The average molecular weight is 404 g/mol. The zero-order valence-corrected chi connectivity index (χ0v) is 15.0. The van der Waals surface area contributed by atoms with E-state index in [0.29, 0.717) is 28.2 Å². The molecule has 0 aliphatic carbocycles. The summed E-state index contributed by atoms with van der Waals surface area (Å²) in [6.45, 7) is 2.32. The Morgan fingerprint density at radius 2 is 1.96 bits per heavy atom. The van der Waals surface area contributed by atoms with E-state index < -0.39 is 11.7 Å². The van der Waals surface area contributed by atoms with Gasteiger partial charge in [-0.2, -0.15) is 5.10 Å². The predicted octanol–water partition coefficient (Wildman–Crippen LogP) is 3.96. The lowest BCUT2D eigenvalue weighted by Gasteiger charge is -2.11. The van der Waals surface area contributed by atoms with Crippen LogP contribution in [0, 0.1) is 5.82 Å². The van der Waals surface area contributed by atoms with E-state index in [9.17, 15) is 14.0 Å². The molecule has 0 saturated heterocycles. The number of halogens is 2. The Hall–Kier alpha value is -2.54. The highest BCUT2D eigenvalue weighted by atomic mass is 79.9. The molecule has 0 saturated carbocycles. The van der Waals surface area contributed by atoms with Gasteiger partial charge in [-0.25, -0.2) is 9.07 Å². The first-order valence-corrected chi connectivity index (χ1v) is 8.57. The summed E-state index contributed by atoms with van der Waals surface area (Å²) in [5.74, 6) is -1.13. The molecule has 128 valence electrons. The van der Waals surface area contributed by atoms with Gasteiger partial charge in [0, 0.05) is 16.4 Å². The second-order valence-electron chi connectivity index (χ2n) is 5.50. The number of carbonyl (C=O) groups excluding carboxylic acids is 1. The van der Waals surface area contributed by atoms with Crippen LogP contribution in [0.2, 0.25) is 0 Å². The number of nitrogens with one attached hydrogen (secondary N) is 1. The van der Waals surface area contributed by atoms with Crippen LogP contribution in [0.25, 0.3) is 10.8 Å². The number of aromatic nitrogens is 2. The number of fused-ring (bicyclic) bond motifs is 1. The molecule has 3 rings (SSSR count). The summed E-state index contributed by atoms with van der Waals surface area (Å²) in [5, 5.41) is 7.57. The smallest absolute Gasteiger partial charge is 0.276 e. The van der Waals surface area contributed by atoms with Crippen molar-refractivity contribution in [1.82, 2.24) is 9.78 Å². The predicted molar refractivity (Wildman–Crippen MR) is 98.3 cm³/mol. The molecule has 5 nitrogen and oxygen atoms in total. The third kappa shape index (κ3) is 3.46. The number of hydrogen-bond acceptors (Lipinski definition) is 3. The molecule has 0 aliphatic heterocycles. The third-order valence-corrected chi connectivity index (χ3v) is 4.19. The van der Waals surface area contributed by atoms with E-state index in [2.05, 4.69) is 26.3 Å². The van der Waals surface area contributed by atoms with Crippen LogP contribution < -0.4 is 10.9 Å². The quantitative estimate of drug-likeness (QED) is 0.716. The van der Waals surface area contributed by atoms with Crippen molar-refractivity contribution >= 4 is 38.3 Å². The Morgan fingerprint density at radius 1 is 1.24 bits per heavy atom. The fourth-order valence-electron chi connectivity index (χ4n) is 2.54. The van der Waals surface area contributed by atoms with Crippen LogP contribution in [-0.4, -0.2) is 15.7 Å². The van der Waals surface area contributed by atoms with Gasteiger partial charge in [0.15, 0.2) is 5.69 Å². The lowest BCUT2D eigenvalue weighted by molar-refractivity contribution is 0.102. The van der Waals surface area contributed by atoms with E-state index in [-0.39, 0.29) is 16.9 Å². The van der Waals surface area contributed by atoms with Crippen LogP contribution >= 0.6 is 15.9 Å². The van der Waals surface area contributed by atoms with Gasteiger partial charge in [0.2, 0.25) is 0 Å². The number of rotatable bonds is 4. The van der Waals surface area contributed by atoms with Crippen molar-refractivity contribution in [2.45, 2.75) is 19.9 Å². The van der Waals surface area contributed by atoms with Gasteiger partial charge in [0.1, 0.15) is 5.82 Å². The zero-order chi connectivity index (χ0) is 18.0. The molecule has 0 aliphatic rings. The molecule has 0 bridgehead atoms. The first kappa shape index (κ1) is 17.3. The Morgan fingerprint density at radius 3 is 2.64 bits per heavy atom. The highest BCUT2D eigenvalue weighted by Crippen LogP contribution is 2.21. The van der Waals surface area contributed by atoms with E-state index in [1.165, 1.54) is 16.8 Å². The summed E-state index contributed by atoms with van der Waals surface area (Å²) in [5.41, 5.74) is -0.109. The molecule has 1 heterocycles. The second kappa shape index (κ2) is 7.14. The summed E-state index contributed by atoms with van der Waals surface area (Å²) in [6.07, 6.45) is 0.702. The summed E-state index contributed by atoms with van der Waals surface area (Å²) in [4.78, 5) is 25.1. The first-order chi connectivity index (χ1) is 12.0. The van der Waals surface area contributed by atoms with Gasteiger partial charge in [0.25, 0.3) is 11.5 Å². The molecule has 0 radical (unpaired) electrons. The standard InChI is InChI=1S/C18H15BrFN3O2/c1-2-9-23-18(25)13-6-4-3-5-12(13)16(22-23)17(24)21-15-8-7-11(19)10-14(15)20/h3-8,10H,2,9H2,1H3,(H,21,24). The largest absolute Gasteiger partial charge is 0.318 e. The second-order valence-corrected chi connectivity index (χ2v) is 6.42. The lowest BCUT2D eigenvalue weighted by Crippen LogP contribution is -2.27. The summed E-state index contributed by atoms with van der Waals surface area (Å²) < 4.78 is 15.8. The maximum Gasteiger partial charge on any atom is 0.276 e. The van der Waals surface area contributed by atoms with Crippen molar-refractivity contribution in [3.8, 4) is 0 Å². The molecule has 7 heteroatoms. The van der Waals surface area contributed by atoms with Gasteiger partial charge in [-0.1, -0.05) is 41.1 Å². The molecule has 25 heavy (non-hydrogen) atoms. The molecule has 0 fully saturated rings. The van der Waals surface area contributed by atoms with Gasteiger partial charge < -0.3 is 5.32 Å². The molecule has 3 aromatic rings. The Labute approximate surface area is 151 Å². The van der Waals surface area contributed by atoms with Crippen molar-refractivity contribution in [2.75, 3.05) is 5.32 Å². The van der Waals surface area contributed by atoms with E-state index >= 15 is 0 Å². The minimum atomic E-state index is -0.567. The minimum Gasteiger partial charge on any atom is -0.318 e. The molecular weight excluding hydrogens is 389 g/mol. The summed E-state index contributed by atoms with van der Waals surface area (Å²) >= 11 is 3.17. The van der Waals surface area contributed by atoms with Crippen LogP contribution in [0.5, 0.6) is 0 Å². The molecule has 1 amide bonds. The Balaban J connectivity index is 2.09. The highest BCUT2D eigenvalue weighted by molar-refractivity contribution is 9.10. The maximum atomic E-state index is 14.0. The molecule has 0 spiro atoms. The van der Waals surface area contributed by atoms with E-state index in [4.69, 9.17) is 0 Å². The lowest BCUT2D eigenvalue weighted by atomic mass is 10.1. The zero-order valence-electron chi connectivity index (χ0n) is 13.4. The SMILES string of the molecule is CCCn1nc(C(=O)Nc2ccc(Br)cc2F)c2ccccc2c1=O.